The van der Waals surface area contributed by atoms with E-state index in [0.29, 0.717) is 30.1 Å². The van der Waals surface area contributed by atoms with Crippen LogP contribution in [0.5, 0.6) is 0 Å². The number of piperazine rings is 1. The van der Waals surface area contributed by atoms with Gasteiger partial charge in [-0.1, -0.05) is 26.0 Å². The van der Waals surface area contributed by atoms with Crippen molar-refractivity contribution >= 4 is 10.0 Å². The Kier molecular flexibility index (Phi) is 6.09. The Bertz CT molecular complexity index is 1090. The first-order valence-electron chi connectivity index (χ1n) is 10.9. The Balaban J connectivity index is 1.76. The molecule has 1 aromatic heterocycles. The van der Waals surface area contributed by atoms with Crippen LogP contribution in [0.15, 0.2) is 27.9 Å². The number of fused-ring (bicyclic) bond motifs is 1. The van der Waals surface area contributed by atoms with E-state index in [1.54, 1.807) is 10.4 Å². The number of aryl methyl sites for hydroxylation is 1. The number of H-pyrrole nitrogens is 1. The fourth-order valence-electron chi connectivity index (χ4n) is 4.56. The van der Waals surface area contributed by atoms with Gasteiger partial charge < -0.3 is 4.90 Å². The number of rotatable bonds is 5. The zero-order valence-corrected chi connectivity index (χ0v) is 18.6. The molecule has 1 N–H and O–H groups in total. The molecule has 4 rings (SSSR count). The molecule has 1 aliphatic carbocycles. The first kappa shape index (κ1) is 21.2. The Morgan fingerprint density at radius 2 is 1.73 bits per heavy atom. The van der Waals surface area contributed by atoms with Gasteiger partial charge in [0.05, 0.1) is 10.6 Å². The number of likely N-dealkylation sites (N-methyl/N-ethyl adjacent to an activating group) is 1. The van der Waals surface area contributed by atoms with E-state index in [2.05, 4.69) is 22.0 Å². The molecule has 2 aromatic rings. The van der Waals surface area contributed by atoms with Gasteiger partial charge in [-0.05, 0) is 55.8 Å². The van der Waals surface area contributed by atoms with E-state index in [1.807, 2.05) is 19.1 Å². The number of aromatic amines is 1. The molecule has 1 fully saturated rings. The van der Waals surface area contributed by atoms with Crippen molar-refractivity contribution in [2.24, 2.45) is 0 Å². The summed E-state index contributed by atoms with van der Waals surface area (Å²) in [6.07, 6.45) is 4.21. The Morgan fingerprint density at radius 3 is 2.40 bits per heavy atom. The maximum absolute atomic E-state index is 13.5. The lowest BCUT2D eigenvalue weighted by atomic mass is 9.89. The molecule has 0 atom stereocenters. The third-order valence-electron chi connectivity index (χ3n) is 6.41. The lowest BCUT2D eigenvalue weighted by molar-refractivity contribution is 0.196. The maximum atomic E-state index is 13.5. The number of hydrogen-bond acceptors (Lipinski definition) is 5. The van der Waals surface area contributed by atoms with Gasteiger partial charge in [0.15, 0.2) is 0 Å². The third kappa shape index (κ3) is 3.84. The number of nitrogens with zero attached hydrogens (tertiary/aromatic N) is 3. The largest absolute Gasteiger partial charge is 0.301 e. The van der Waals surface area contributed by atoms with Crippen LogP contribution in [-0.4, -0.2) is 60.5 Å². The van der Waals surface area contributed by atoms with Crippen LogP contribution in [0.2, 0.25) is 0 Å². The zero-order valence-electron chi connectivity index (χ0n) is 17.8. The maximum Gasteiger partial charge on any atom is 0.267 e. The number of sulfonamides is 1. The number of nitrogens with one attached hydrogen (secondary N) is 1. The average molecular weight is 431 g/mol. The van der Waals surface area contributed by atoms with Gasteiger partial charge in [-0.15, -0.1) is 0 Å². The molecule has 0 saturated carbocycles. The first-order valence-corrected chi connectivity index (χ1v) is 12.4. The highest BCUT2D eigenvalue weighted by Gasteiger charge is 2.30. The quantitative estimate of drug-likeness (QED) is 0.786. The van der Waals surface area contributed by atoms with Crippen molar-refractivity contribution in [2.45, 2.75) is 50.8 Å². The molecular weight excluding hydrogens is 400 g/mol. The number of aromatic nitrogens is 2. The van der Waals surface area contributed by atoms with Crippen molar-refractivity contribution in [3.05, 3.63) is 45.2 Å². The van der Waals surface area contributed by atoms with Crippen LogP contribution < -0.4 is 5.56 Å². The standard InChI is InChI=1S/C22H30N4O3S/c1-3-16-9-10-17(21-18-7-5-6-8-19(18)22(27)24-23-21)15-20(16)30(28,29)26-13-11-25(4-2)12-14-26/h9-10,15H,3-8,11-14H2,1-2H3,(H,24,27). The van der Waals surface area contributed by atoms with Crippen molar-refractivity contribution in [1.29, 1.82) is 0 Å². The van der Waals surface area contributed by atoms with Crippen LogP contribution in [0.3, 0.4) is 0 Å². The molecule has 0 bridgehead atoms. The molecule has 0 unspecified atom stereocenters. The van der Waals surface area contributed by atoms with Crippen LogP contribution in [-0.2, 0) is 29.3 Å². The second-order valence-corrected chi connectivity index (χ2v) is 9.99. The minimum absolute atomic E-state index is 0.125. The summed E-state index contributed by atoms with van der Waals surface area (Å²) in [4.78, 5) is 14.8. The van der Waals surface area contributed by atoms with Crippen molar-refractivity contribution < 1.29 is 8.42 Å². The van der Waals surface area contributed by atoms with Gasteiger partial charge in [0.25, 0.3) is 5.56 Å². The highest BCUT2D eigenvalue weighted by Crippen LogP contribution is 2.31. The van der Waals surface area contributed by atoms with Gasteiger partial charge >= 0.3 is 0 Å². The molecule has 0 amide bonds. The number of hydrogen-bond donors (Lipinski definition) is 1. The lowest BCUT2D eigenvalue weighted by Gasteiger charge is -2.33. The van der Waals surface area contributed by atoms with Crippen molar-refractivity contribution in [2.75, 3.05) is 32.7 Å². The topological polar surface area (TPSA) is 86.4 Å². The molecule has 162 valence electrons. The Morgan fingerprint density at radius 1 is 1.03 bits per heavy atom. The van der Waals surface area contributed by atoms with Gasteiger partial charge in [0, 0.05) is 37.3 Å². The van der Waals surface area contributed by atoms with Gasteiger partial charge in [-0.2, -0.15) is 9.40 Å². The van der Waals surface area contributed by atoms with E-state index in [-0.39, 0.29) is 5.56 Å². The molecule has 1 saturated heterocycles. The fourth-order valence-corrected chi connectivity index (χ4v) is 6.30. The minimum atomic E-state index is -3.59. The normalized spacial score (nSPS) is 18.3. The highest BCUT2D eigenvalue weighted by molar-refractivity contribution is 7.89. The second-order valence-electron chi connectivity index (χ2n) is 8.08. The summed E-state index contributed by atoms with van der Waals surface area (Å²) in [7, 11) is -3.59. The number of benzene rings is 1. The van der Waals surface area contributed by atoms with Crippen molar-refractivity contribution in [3.8, 4) is 11.3 Å². The monoisotopic (exact) mass is 430 g/mol. The molecule has 0 radical (unpaired) electrons. The zero-order chi connectivity index (χ0) is 21.3. The van der Waals surface area contributed by atoms with Crippen LogP contribution in [0, 0.1) is 0 Å². The van der Waals surface area contributed by atoms with E-state index in [9.17, 15) is 13.2 Å². The summed E-state index contributed by atoms with van der Waals surface area (Å²) in [5.74, 6) is 0. The fraction of sp³-hybridized carbons (Fsp3) is 0.545. The SMILES string of the molecule is CCc1ccc(-c2n[nH]c(=O)c3c2CCCC3)cc1S(=O)(=O)N1CCN(CC)CC1. The summed E-state index contributed by atoms with van der Waals surface area (Å²) >= 11 is 0. The van der Waals surface area contributed by atoms with E-state index in [4.69, 9.17) is 0 Å². The average Bonchev–Trinajstić information content (AvgIpc) is 2.79. The van der Waals surface area contributed by atoms with Crippen LogP contribution in [0.25, 0.3) is 11.3 Å². The van der Waals surface area contributed by atoms with Gasteiger partial charge in [-0.25, -0.2) is 13.5 Å². The van der Waals surface area contributed by atoms with E-state index in [1.165, 1.54) is 0 Å². The van der Waals surface area contributed by atoms with Gasteiger partial charge in [-0.3, -0.25) is 4.79 Å². The first-order chi connectivity index (χ1) is 14.5. The van der Waals surface area contributed by atoms with Crippen LogP contribution in [0.1, 0.15) is 43.4 Å². The molecule has 1 aromatic carbocycles. The lowest BCUT2D eigenvalue weighted by Crippen LogP contribution is -2.48. The molecule has 1 aliphatic heterocycles. The molecule has 2 heterocycles. The molecule has 30 heavy (non-hydrogen) atoms. The van der Waals surface area contributed by atoms with Gasteiger partial charge in [0.2, 0.25) is 10.0 Å². The predicted molar refractivity (Wildman–Crippen MR) is 117 cm³/mol. The second kappa shape index (κ2) is 8.61. The van der Waals surface area contributed by atoms with Crippen molar-refractivity contribution in [1.82, 2.24) is 19.4 Å². The smallest absolute Gasteiger partial charge is 0.267 e. The Hall–Kier alpha value is -2.03. The Labute approximate surface area is 178 Å². The predicted octanol–water partition coefficient (Wildman–Crippen LogP) is 2.20. The van der Waals surface area contributed by atoms with Crippen LogP contribution in [0.4, 0.5) is 0 Å². The van der Waals surface area contributed by atoms with Crippen LogP contribution >= 0.6 is 0 Å². The summed E-state index contributed by atoms with van der Waals surface area (Å²) in [6, 6.07) is 5.59. The molecule has 2 aliphatic rings. The summed E-state index contributed by atoms with van der Waals surface area (Å²) in [6.45, 7) is 7.54. The summed E-state index contributed by atoms with van der Waals surface area (Å²) in [5.41, 5.74) is 3.92. The minimum Gasteiger partial charge on any atom is -0.301 e. The van der Waals surface area contributed by atoms with E-state index in [0.717, 1.165) is 67.6 Å². The highest BCUT2D eigenvalue weighted by atomic mass is 32.2. The third-order valence-corrected chi connectivity index (χ3v) is 8.40. The molecule has 8 heteroatoms. The molecular formula is C22H30N4O3S. The molecule has 0 spiro atoms. The van der Waals surface area contributed by atoms with Gasteiger partial charge in [0.1, 0.15) is 0 Å². The summed E-state index contributed by atoms with van der Waals surface area (Å²) < 4.78 is 28.6. The molecule has 7 nitrogen and oxygen atoms in total. The van der Waals surface area contributed by atoms with E-state index >= 15 is 0 Å². The van der Waals surface area contributed by atoms with Crippen molar-refractivity contribution in [3.63, 3.8) is 0 Å². The van der Waals surface area contributed by atoms with E-state index < -0.39 is 10.0 Å². The summed E-state index contributed by atoms with van der Waals surface area (Å²) in [5, 5.41) is 6.94.